The van der Waals surface area contributed by atoms with E-state index in [-0.39, 0.29) is 6.10 Å². The number of benzene rings is 1. The first-order valence-electron chi connectivity index (χ1n) is 4.41. The van der Waals surface area contributed by atoms with Crippen LogP contribution in [0.5, 0.6) is 5.75 Å². The lowest BCUT2D eigenvalue weighted by Crippen LogP contribution is -2.34. The molecular formula is C11H12O2. The third kappa shape index (κ3) is 0.981. The summed E-state index contributed by atoms with van der Waals surface area (Å²) in [6.07, 6.45) is 0.908. The van der Waals surface area contributed by atoms with E-state index in [4.69, 9.17) is 4.74 Å². The first kappa shape index (κ1) is 8.30. The summed E-state index contributed by atoms with van der Waals surface area (Å²) < 4.78 is 5.58. The summed E-state index contributed by atoms with van der Waals surface area (Å²) in [5.74, 6) is 0.838. The zero-order valence-electron chi connectivity index (χ0n) is 7.78. The van der Waals surface area contributed by atoms with Crippen LogP contribution >= 0.6 is 0 Å². The van der Waals surface area contributed by atoms with E-state index in [9.17, 15) is 4.79 Å². The van der Waals surface area contributed by atoms with E-state index >= 15 is 0 Å². The van der Waals surface area contributed by atoms with Gasteiger partial charge in [-0.15, -0.1) is 0 Å². The normalized spacial score (nSPS) is 30.8. The van der Waals surface area contributed by atoms with Crippen molar-refractivity contribution < 1.29 is 9.53 Å². The molecule has 0 radical (unpaired) electrons. The van der Waals surface area contributed by atoms with E-state index in [0.717, 1.165) is 17.6 Å². The van der Waals surface area contributed by atoms with E-state index in [2.05, 4.69) is 0 Å². The van der Waals surface area contributed by atoms with Crippen LogP contribution in [0.25, 0.3) is 0 Å². The van der Waals surface area contributed by atoms with Crippen LogP contribution in [-0.2, 0) is 10.2 Å². The quantitative estimate of drug-likeness (QED) is 0.611. The second-order valence-electron chi connectivity index (χ2n) is 3.66. The first-order valence-corrected chi connectivity index (χ1v) is 4.41. The van der Waals surface area contributed by atoms with Crippen molar-refractivity contribution >= 4 is 6.29 Å². The number of rotatable bonds is 1. The van der Waals surface area contributed by atoms with Gasteiger partial charge in [0, 0.05) is 5.56 Å². The Kier molecular flexibility index (Phi) is 1.65. The smallest absolute Gasteiger partial charge is 0.134 e. The molecule has 68 valence electrons. The van der Waals surface area contributed by atoms with Gasteiger partial charge in [-0.25, -0.2) is 0 Å². The van der Waals surface area contributed by atoms with Crippen molar-refractivity contribution in [2.45, 2.75) is 25.4 Å². The summed E-state index contributed by atoms with van der Waals surface area (Å²) in [5, 5.41) is 0. The molecular weight excluding hydrogens is 164 g/mol. The van der Waals surface area contributed by atoms with Crippen LogP contribution in [0, 0.1) is 0 Å². The Morgan fingerprint density at radius 1 is 1.46 bits per heavy atom. The molecule has 0 amide bonds. The van der Waals surface area contributed by atoms with Crippen LogP contribution in [0.1, 0.15) is 19.4 Å². The highest BCUT2D eigenvalue weighted by Crippen LogP contribution is 2.41. The minimum Gasteiger partial charge on any atom is -0.489 e. The Morgan fingerprint density at radius 3 is 2.85 bits per heavy atom. The fourth-order valence-electron chi connectivity index (χ4n) is 1.71. The molecule has 1 aliphatic heterocycles. The van der Waals surface area contributed by atoms with Gasteiger partial charge in [-0.3, -0.25) is 0 Å². The Hall–Kier alpha value is -1.31. The maximum atomic E-state index is 11.0. The van der Waals surface area contributed by atoms with Crippen molar-refractivity contribution in [2.24, 2.45) is 0 Å². The van der Waals surface area contributed by atoms with Crippen LogP contribution in [0.3, 0.4) is 0 Å². The summed E-state index contributed by atoms with van der Waals surface area (Å²) in [6.45, 7) is 3.84. The van der Waals surface area contributed by atoms with Crippen LogP contribution in [0.2, 0.25) is 0 Å². The summed E-state index contributed by atoms with van der Waals surface area (Å²) in [7, 11) is 0. The molecule has 1 heterocycles. The Balaban J connectivity index is 2.58. The fraction of sp³-hybridized carbons (Fsp3) is 0.364. The predicted molar refractivity (Wildman–Crippen MR) is 49.9 cm³/mol. The highest BCUT2D eigenvalue weighted by atomic mass is 16.5. The SMILES string of the molecule is CC1Oc2ccccc2C1(C)C=O. The molecule has 0 spiro atoms. The maximum Gasteiger partial charge on any atom is 0.134 e. The van der Waals surface area contributed by atoms with Gasteiger partial charge in [0.1, 0.15) is 18.1 Å². The van der Waals surface area contributed by atoms with Gasteiger partial charge in [-0.05, 0) is 19.9 Å². The monoisotopic (exact) mass is 176 g/mol. The lowest BCUT2D eigenvalue weighted by Gasteiger charge is -2.20. The minimum atomic E-state index is -0.476. The van der Waals surface area contributed by atoms with Crippen LogP contribution < -0.4 is 4.74 Å². The lowest BCUT2D eigenvalue weighted by atomic mass is 9.81. The number of fused-ring (bicyclic) bond motifs is 1. The maximum absolute atomic E-state index is 11.0. The molecule has 1 aromatic rings. The molecule has 0 aromatic heterocycles. The third-order valence-electron chi connectivity index (χ3n) is 2.86. The van der Waals surface area contributed by atoms with E-state index in [0.29, 0.717) is 0 Å². The number of hydrogen-bond donors (Lipinski definition) is 0. The molecule has 2 heteroatoms. The molecule has 1 aromatic carbocycles. The largest absolute Gasteiger partial charge is 0.489 e. The van der Waals surface area contributed by atoms with Crippen molar-refractivity contribution in [3.05, 3.63) is 29.8 Å². The topological polar surface area (TPSA) is 26.3 Å². The Morgan fingerprint density at radius 2 is 2.15 bits per heavy atom. The van der Waals surface area contributed by atoms with E-state index in [1.807, 2.05) is 38.1 Å². The third-order valence-corrected chi connectivity index (χ3v) is 2.86. The van der Waals surface area contributed by atoms with E-state index in [1.54, 1.807) is 0 Å². The number of ether oxygens (including phenoxy) is 1. The lowest BCUT2D eigenvalue weighted by molar-refractivity contribution is -0.113. The standard InChI is InChI=1S/C11H12O2/c1-8-11(2,7-12)9-5-3-4-6-10(9)13-8/h3-8H,1-2H3. The molecule has 13 heavy (non-hydrogen) atoms. The van der Waals surface area contributed by atoms with Crippen molar-refractivity contribution in [3.63, 3.8) is 0 Å². The zero-order chi connectivity index (χ0) is 9.47. The minimum absolute atomic E-state index is 0.0672. The molecule has 0 bridgehead atoms. The van der Waals surface area contributed by atoms with Crippen LogP contribution in [0.15, 0.2) is 24.3 Å². The van der Waals surface area contributed by atoms with Gasteiger partial charge in [-0.2, -0.15) is 0 Å². The number of carbonyl (C=O) groups is 1. The second kappa shape index (κ2) is 2.59. The number of aldehydes is 1. The molecule has 2 atom stereocenters. The molecule has 0 aliphatic carbocycles. The van der Waals surface area contributed by atoms with E-state index < -0.39 is 5.41 Å². The van der Waals surface area contributed by atoms with Gasteiger partial charge in [0.2, 0.25) is 0 Å². The number of para-hydroxylation sites is 1. The highest BCUT2D eigenvalue weighted by molar-refractivity contribution is 5.73. The Labute approximate surface area is 77.5 Å². The first-order chi connectivity index (χ1) is 6.18. The molecule has 0 N–H and O–H groups in total. The van der Waals surface area contributed by atoms with Gasteiger partial charge < -0.3 is 9.53 Å². The molecule has 2 rings (SSSR count). The van der Waals surface area contributed by atoms with Crippen LogP contribution in [0.4, 0.5) is 0 Å². The summed E-state index contributed by atoms with van der Waals surface area (Å²) in [5.41, 5.74) is 0.522. The molecule has 0 saturated carbocycles. The van der Waals surface area contributed by atoms with Gasteiger partial charge in [0.15, 0.2) is 0 Å². The average Bonchev–Trinajstić information content (AvgIpc) is 2.41. The van der Waals surface area contributed by atoms with Gasteiger partial charge >= 0.3 is 0 Å². The summed E-state index contributed by atoms with van der Waals surface area (Å²) in [4.78, 5) is 11.0. The number of hydrogen-bond acceptors (Lipinski definition) is 2. The summed E-state index contributed by atoms with van der Waals surface area (Å²) in [6, 6.07) is 7.71. The molecule has 0 fully saturated rings. The van der Waals surface area contributed by atoms with Gasteiger partial charge in [0.05, 0.1) is 5.41 Å². The summed E-state index contributed by atoms with van der Waals surface area (Å²) >= 11 is 0. The second-order valence-corrected chi connectivity index (χ2v) is 3.66. The Bertz CT molecular complexity index is 346. The van der Waals surface area contributed by atoms with Crippen molar-refractivity contribution in [1.29, 1.82) is 0 Å². The van der Waals surface area contributed by atoms with Gasteiger partial charge in [0.25, 0.3) is 0 Å². The zero-order valence-corrected chi connectivity index (χ0v) is 7.78. The molecule has 0 saturated heterocycles. The van der Waals surface area contributed by atoms with Crippen molar-refractivity contribution in [2.75, 3.05) is 0 Å². The highest BCUT2D eigenvalue weighted by Gasteiger charge is 2.42. The average molecular weight is 176 g/mol. The molecule has 2 nitrogen and oxygen atoms in total. The molecule has 2 unspecified atom stereocenters. The predicted octanol–water partition coefficient (Wildman–Crippen LogP) is 1.92. The fourth-order valence-corrected chi connectivity index (χ4v) is 1.71. The van der Waals surface area contributed by atoms with Crippen molar-refractivity contribution in [1.82, 2.24) is 0 Å². The van der Waals surface area contributed by atoms with E-state index in [1.165, 1.54) is 0 Å². The van der Waals surface area contributed by atoms with Crippen LogP contribution in [-0.4, -0.2) is 12.4 Å². The van der Waals surface area contributed by atoms with Gasteiger partial charge in [-0.1, -0.05) is 18.2 Å². The van der Waals surface area contributed by atoms with Crippen molar-refractivity contribution in [3.8, 4) is 5.75 Å². The number of carbonyl (C=O) groups excluding carboxylic acids is 1. The molecule has 1 aliphatic rings.